The van der Waals surface area contributed by atoms with E-state index >= 15 is 0 Å². The van der Waals surface area contributed by atoms with Gasteiger partial charge in [0.05, 0.1) is 6.61 Å². The van der Waals surface area contributed by atoms with Crippen LogP contribution in [-0.4, -0.2) is 18.3 Å². The molecule has 1 atom stereocenters. The average molecular weight is 193 g/mol. The summed E-state index contributed by atoms with van der Waals surface area (Å²) >= 11 is 0. The second-order valence-corrected chi connectivity index (χ2v) is 3.39. The van der Waals surface area contributed by atoms with Crippen molar-refractivity contribution in [2.75, 3.05) is 13.2 Å². The molecule has 0 saturated carbocycles. The number of benzene rings is 1. The fourth-order valence-corrected chi connectivity index (χ4v) is 1.37. The van der Waals surface area contributed by atoms with Crippen LogP contribution < -0.4 is 4.74 Å². The van der Waals surface area contributed by atoms with Gasteiger partial charge in [0.25, 0.3) is 0 Å². The topological polar surface area (TPSA) is 29.5 Å². The normalized spacial score (nSPS) is 12.6. The summed E-state index contributed by atoms with van der Waals surface area (Å²) in [5.74, 6) is 0.777. The summed E-state index contributed by atoms with van der Waals surface area (Å²) in [6, 6.07) is 5.94. The summed E-state index contributed by atoms with van der Waals surface area (Å²) in [5, 5.41) is 9.00. The predicted octanol–water partition coefficient (Wildman–Crippen LogP) is 2.30. The fraction of sp³-hybridized carbons (Fsp3) is 0.417. The highest BCUT2D eigenvalue weighted by Gasteiger charge is 2.06. The molecule has 0 fully saturated rings. The summed E-state index contributed by atoms with van der Waals surface area (Å²) in [4.78, 5) is 0. The van der Waals surface area contributed by atoms with E-state index in [9.17, 15) is 0 Å². The number of aliphatic hydroxyl groups excluding tert-OH is 1. The number of hydrogen-bond acceptors (Lipinski definition) is 2. The van der Waals surface area contributed by atoms with Crippen LogP contribution >= 0.6 is 0 Å². The highest BCUT2D eigenvalue weighted by atomic mass is 16.5. The standard InChI is InChI=1S/C12H17O2/c1-4-14-12-6-9(2)5-11(7-12)10(3)8-13/h5-7,10,13H,3-4,8H2,1-2H3. The van der Waals surface area contributed by atoms with Gasteiger partial charge in [-0.2, -0.15) is 0 Å². The van der Waals surface area contributed by atoms with E-state index in [1.165, 1.54) is 0 Å². The molecule has 0 aliphatic carbocycles. The summed E-state index contributed by atoms with van der Waals surface area (Å²) in [7, 11) is 0. The summed E-state index contributed by atoms with van der Waals surface area (Å²) < 4.78 is 5.41. The van der Waals surface area contributed by atoms with Gasteiger partial charge >= 0.3 is 0 Å². The smallest absolute Gasteiger partial charge is 0.119 e. The summed E-state index contributed by atoms with van der Waals surface area (Å²) in [5.41, 5.74) is 2.16. The molecule has 0 bridgehead atoms. The molecule has 77 valence electrons. The molecule has 0 spiro atoms. The first-order valence-corrected chi connectivity index (χ1v) is 4.85. The monoisotopic (exact) mass is 193 g/mol. The molecular formula is C12H17O2. The lowest BCUT2D eigenvalue weighted by Gasteiger charge is -2.12. The van der Waals surface area contributed by atoms with E-state index in [2.05, 4.69) is 6.92 Å². The minimum absolute atomic E-state index is 0.0645. The van der Waals surface area contributed by atoms with Crippen molar-refractivity contribution in [3.63, 3.8) is 0 Å². The molecule has 0 aliphatic rings. The third-order valence-electron chi connectivity index (χ3n) is 2.08. The molecule has 0 amide bonds. The van der Waals surface area contributed by atoms with Crippen molar-refractivity contribution in [1.29, 1.82) is 0 Å². The molecule has 0 aromatic heterocycles. The lowest BCUT2D eigenvalue weighted by Crippen LogP contribution is -2.01. The Morgan fingerprint density at radius 1 is 1.43 bits per heavy atom. The second kappa shape index (κ2) is 5.01. The van der Waals surface area contributed by atoms with Crippen molar-refractivity contribution in [2.45, 2.75) is 19.8 Å². The Kier molecular flexibility index (Phi) is 3.96. The van der Waals surface area contributed by atoms with E-state index in [1.54, 1.807) is 0 Å². The quantitative estimate of drug-likeness (QED) is 0.795. The average Bonchev–Trinajstić information content (AvgIpc) is 2.16. The Balaban J connectivity index is 2.94. The van der Waals surface area contributed by atoms with Gasteiger partial charge in [-0.3, -0.25) is 0 Å². The van der Waals surface area contributed by atoms with Gasteiger partial charge < -0.3 is 9.84 Å². The SMILES string of the molecule is [CH2]C(CO)c1cc(C)cc(OCC)c1. The van der Waals surface area contributed by atoms with Gasteiger partial charge in [0.2, 0.25) is 0 Å². The first kappa shape index (κ1) is 11.1. The van der Waals surface area contributed by atoms with Crippen LogP contribution in [0.1, 0.15) is 24.0 Å². The molecule has 1 N–H and O–H groups in total. The van der Waals surface area contributed by atoms with Crippen molar-refractivity contribution in [3.8, 4) is 5.75 Å². The van der Waals surface area contributed by atoms with E-state index in [0.717, 1.165) is 16.9 Å². The van der Waals surface area contributed by atoms with Crippen LogP contribution in [-0.2, 0) is 0 Å². The molecule has 1 aromatic carbocycles. The third kappa shape index (κ3) is 2.74. The fourth-order valence-electron chi connectivity index (χ4n) is 1.37. The van der Waals surface area contributed by atoms with Crippen LogP contribution in [0.5, 0.6) is 5.75 Å². The van der Waals surface area contributed by atoms with Crippen LogP contribution in [0, 0.1) is 13.8 Å². The molecule has 1 rings (SSSR count). The first-order chi connectivity index (χ1) is 6.67. The van der Waals surface area contributed by atoms with Gasteiger partial charge in [-0.25, -0.2) is 0 Å². The van der Waals surface area contributed by atoms with Crippen LogP contribution in [0.3, 0.4) is 0 Å². The molecule has 0 heterocycles. The molecule has 1 aromatic rings. The Labute approximate surface area is 85.5 Å². The molecule has 2 nitrogen and oxygen atoms in total. The van der Waals surface area contributed by atoms with Crippen LogP contribution in [0.4, 0.5) is 0 Å². The zero-order chi connectivity index (χ0) is 10.6. The van der Waals surface area contributed by atoms with Crippen molar-refractivity contribution >= 4 is 0 Å². The largest absolute Gasteiger partial charge is 0.494 e. The van der Waals surface area contributed by atoms with E-state index in [1.807, 2.05) is 32.0 Å². The molecule has 2 heteroatoms. The van der Waals surface area contributed by atoms with E-state index in [-0.39, 0.29) is 12.5 Å². The van der Waals surface area contributed by atoms with Crippen molar-refractivity contribution < 1.29 is 9.84 Å². The summed E-state index contributed by atoms with van der Waals surface area (Å²) in [6.07, 6.45) is 0. The number of rotatable bonds is 4. The maximum absolute atomic E-state index is 9.00. The Hall–Kier alpha value is -1.02. The molecule has 0 saturated heterocycles. The van der Waals surface area contributed by atoms with Crippen LogP contribution in [0.15, 0.2) is 18.2 Å². The maximum atomic E-state index is 9.00. The minimum Gasteiger partial charge on any atom is -0.494 e. The lowest BCUT2D eigenvalue weighted by atomic mass is 10.00. The van der Waals surface area contributed by atoms with E-state index < -0.39 is 0 Å². The zero-order valence-electron chi connectivity index (χ0n) is 8.79. The number of hydrogen-bond donors (Lipinski definition) is 1. The van der Waals surface area contributed by atoms with Crippen molar-refractivity contribution in [3.05, 3.63) is 36.2 Å². The Bertz CT molecular complexity index is 294. The summed E-state index contributed by atoms with van der Waals surface area (Å²) in [6.45, 7) is 8.55. The minimum atomic E-state index is -0.0749. The van der Waals surface area contributed by atoms with Gasteiger partial charge in [0.15, 0.2) is 0 Å². The molecule has 14 heavy (non-hydrogen) atoms. The Morgan fingerprint density at radius 3 is 2.71 bits per heavy atom. The van der Waals surface area contributed by atoms with Gasteiger partial charge in [0.1, 0.15) is 5.75 Å². The molecule has 1 unspecified atom stereocenters. The first-order valence-electron chi connectivity index (χ1n) is 4.85. The number of aliphatic hydroxyl groups is 1. The van der Waals surface area contributed by atoms with E-state index in [4.69, 9.17) is 9.84 Å². The molecular weight excluding hydrogens is 176 g/mol. The van der Waals surface area contributed by atoms with Crippen LogP contribution in [0.25, 0.3) is 0 Å². The molecule has 1 radical (unpaired) electrons. The van der Waals surface area contributed by atoms with Crippen LogP contribution in [0.2, 0.25) is 0 Å². The van der Waals surface area contributed by atoms with E-state index in [0.29, 0.717) is 6.61 Å². The van der Waals surface area contributed by atoms with Gasteiger partial charge in [0, 0.05) is 12.5 Å². The second-order valence-electron chi connectivity index (χ2n) is 3.39. The van der Waals surface area contributed by atoms with Crippen molar-refractivity contribution in [2.24, 2.45) is 0 Å². The number of aryl methyl sites for hydroxylation is 1. The van der Waals surface area contributed by atoms with Crippen molar-refractivity contribution in [1.82, 2.24) is 0 Å². The zero-order valence-corrected chi connectivity index (χ0v) is 8.79. The van der Waals surface area contributed by atoms with Gasteiger partial charge in [-0.05, 0) is 44.0 Å². The third-order valence-corrected chi connectivity index (χ3v) is 2.08. The van der Waals surface area contributed by atoms with Gasteiger partial charge in [-0.15, -0.1) is 0 Å². The predicted molar refractivity (Wildman–Crippen MR) is 57.5 cm³/mol. The molecule has 0 aliphatic heterocycles. The maximum Gasteiger partial charge on any atom is 0.119 e. The highest BCUT2D eigenvalue weighted by molar-refractivity contribution is 5.36. The number of ether oxygens (including phenoxy) is 1. The van der Waals surface area contributed by atoms with Gasteiger partial charge in [-0.1, -0.05) is 6.07 Å². The highest BCUT2D eigenvalue weighted by Crippen LogP contribution is 2.22. The Morgan fingerprint density at radius 2 is 2.14 bits per heavy atom. The lowest BCUT2D eigenvalue weighted by molar-refractivity contribution is 0.282.